The maximum atomic E-state index is 13.3. The number of anilines is 2. The summed E-state index contributed by atoms with van der Waals surface area (Å²) in [6.07, 6.45) is -4.72. The third-order valence-corrected chi connectivity index (χ3v) is 6.36. The number of alkyl halides is 3. The predicted molar refractivity (Wildman–Crippen MR) is 112 cm³/mol. The maximum absolute atomic E-state index is 13.3. The number of sulfonamides is 1. The zero-order valence-electron chi connectivity index (χ0n) is 16.1. The zero-order chi connectivity index (χ0) is 23.5. The van der Waals surface area contributed by atoms with E-state index < -0.39 is 40.0 Å². The largest absolute Gasteiger partial charge is 0.416 e. The molecule has 168 valence electrons. The Labute approximate surface area is 186 Å². The standard InChI is InChI=1S/C21H15ClF4N2O3S/c22-18-12-15(9-10-19(18)23)27-20(29)13-28(32(30,31)17-7-2-1-3-8-17)16-6-4-5-14(11-16)21(24,25)26/h1-12H,13H2,(H,27,29). The lowest BCUT2D eigenvalue weighted by Crippen LogP contribution is -2.38. The van der Waals surface area contributed by atoms with Crippen LogP contribution in [0.3, 0.4) is 0 Å². The van der Waals surface area contributed by atoms with Gasteiger partial charge in [-0.2, -0.15) is 13.2 Å². The number of carbonyl (C=O) groups excluding carboxylic acids is 1. The number of amides is 1. The SMILES string of the molecule is O=C(CN(c1cccc(C(F)(F)F)c1)S(=O)(=O)c1ccccc1)Nc1ccc(F)c(Cl)c1. The van der Waals surface area contributed by atoms with Crippen LogP contribution in [0.2, 0.25) is 5.02 Å². The summed E-state index contributed by atoms with van der Waals surface area (Å²) in [4.78, 5) is 12.4. The van der Waals surface area contributed by atoms with Crippen LogP contribution in [0.25, 0.3) is 0 Å². The first-order chi connectivity index (χ1) is 15.0. The van der Waals surface area contributed by atoms with Crippen LogP contribution in [0.5, 0.6) is 0 Å². The van der Waals surface area contributed by atoms with Crippen molar-refractivity contribution in [2.75, 3.05) is 16.2 Å². The summed E-state index contributed by atoms with van der Waals surface area (Å²) < 4.78 is 79.8. The molecule has 0 unspecified atom stereocenters. The molecule has 0 aliphatic rings. The highest BCUT2D eigenvalue weighted by atomic mass is 35.5. The molecule has 0 saturated heterocycles. The van der Waals surface area contributed by atoms with Crippen LogP contribution >= 0.6 is 11.6 Å². The van der Waals surface area contributed by atoms with Crippen molar-refractivity contribution in [3.63, 3.8) is 0 Å². The molecule has 3 aromatic carbocycles. The topological polar surface area (TPSA) is 66.5 Å². The van der Waals surface area contributed by atoms with Crippen molar-refractivity contribution in [1.82, 2.24) is 0 Å². The molecule has 0 heterocycles. The number of benzene rings is 3. The van der Waals surface area contributed by atoms with Crippen molar-refractivity contribution >= 4 is 38.9 Å². The van der Waals surface area contributed by atoms with Gasteiger partial charge in [0.25, 0.3) is 10.0 Å². The normalized spacial score (nSPS) is 11.8. The molecule has 5 nitrogen and oxygen atoms in total. The molecule has 11 heteroatoms. The van der Waals surface area contributed by atoms with Crippen molar-refractivity contribution in [2.45, 2.75) is 11.1 Å². The highest BCUT2D eigenvalue weighted by molar-refractivity contribution is 7.92. The number of nitrogens with zero attached hydrogens (tertiary/aromatic N) is 1. The van der Waals surface area contributed by atoms with E-state index in [0.717, 1.165) is 30.3 Å². The van der Waals surface area contributed by atoms with Crippen LogP contribution in [0.4, 0.5) is 28.9 Å². The average Bonchev–Trinajstić information content (AvgIpc) is 2.74. The van der Waals surface area contributed by atoms with E-state index in [2.05, 4.69) is 5.32 Å². The van der Waals surface area contributed by atoms with E-state index in [9.17, 15) is 30.8 Å². The highest BCUT2D eigenvalue weighted by Crippen LogP contribution is 2.33. The lowest BCUT2D eigenvalue weighted by Gasteiger charge is -2.25. The minimum atomic E-state index is -4.72. The fourth-order valence-corrected chi connectivity index (χ4v) is 4.39. The van der Waals surface area contributed by atoms with Crippen LogP contribution in [0.15, 0.2) is 77.7 Å². The molecule has 0 radical (unpaired) electrons. The molecular weight excluding hydrogens is 472 g/mol. The van der Waals surface area contributed by atoms with E-state index in [-0.39, 0.29) is 21.3 Å². The summed E-state index contributed by atoms with van der Waals surface area (Å²) in [6.45, 7) is -0.840. The second kappa shape index (κ2) is 9.17. The minimum Gasteiger partial charge on any atom is -0.324 e. The molecule has 1 N–H and O–H groups in total. The molecule has 0 aliphatic carbocycles. The number of halogens is 5. The average molecular weight is 487 g/mol. The lowest BCUT2D eigenvalue weighted by molar-refractivity contribution is -0.137. The van der Waals surface area contributed by atoms with Gasteiger partial charge in [-0.25, -0.2) is 12.8 Å². The summed E-state index contributed by atoms with van der Waals surface area (Å²) >= 11 is 5.67. The molecule has 0 fully saturated rings. The van der Waals surface area contributed by atoms with E-state index in [1.54, 1.807) is 6.07 Å². The van der Waals surface area contributed by atoms with Gasteiger partial charge in [-0.15, -0.1) is 0 Å². The Hall–Kier alpha value is -3.11. The molecule has 32 heavy (non-hydrogen) atoms. The smallest absolute Gasteiger partial charge is 0.324 e. The molecule has 0 aromatic heterocycles. The van der Waals surface area contributed by atoms with Crippen molar-refractivity contribution in [1.29, 1.82) is 0 Å². The molecule has 3 aromatic rings. The Balaban J connectivity index is 1.99. The van der Waals surface area contributed by atoms with E-state index >= 15 is 0 Å². The molecule has 0 saturated carbocycles. The summed E-state index contributed by atoms with van der Waals surface area (Å²) in [5.41, 5.74) is -1.34. The van der Waals surface area contributed by atoms with Crippen LogP contribution in [0.1, 0.15) is 5.56 Å². The van der Waals surface area contributed by atoms with Gasteiger partial charge in [0.15, 0.2) is 0 Å². The van der Waals surface area contributed by atoms with Gasteiger partial charge in [-0.3, -0.25) is 9.10 Å². The van der Waals surface area contributed by atoms with Crippen LogP contribution in [-0.2, 0) is 21.0 Å². The van der Waals surface area contributed by atoms with Gasteiger partial charge in [0.1, 0.15) is 12.4 Å². The summed E-state index contributed by atoms with van der Waals surface area (Å²) in [6, 6.07) is 13.9. The number of hydrogen-bond acceptors (Lipinski definition) is 3. The highest BCUT2D eigenvalue weighted by Gasteiger charge is 2.33. The second-order valence-electron chi connectivity index (χ2n) is 6.55. The third-order valence-electron chi connectivity index (χ3n) is 4.28. The molecule has 1 amide bonds. The number of rotatable bonds is 6. The van der Waals surface area contributed by atoms with Gasteiger partial charge in [0.05, 0.1) is 21.2 Å². The van der Waals surface area contributed by atoms with Crippen molar-refractivity contribution < 1.29 is 30.8 Å². The van der Waals surface area contributed by atoms with Gasteiger partial charge >= 0.3 is 6.18 Å². The van der Waals surface area contributed by atoms with Gasteiger partial charge in [-0.1, -0.05) is 35.9 Å². The van der Waals surface area contributed by atoms with Gasteiger partial charge in [0, 0.05) is 5.69 Å². The molecular formula is C21H15ClF4N2O3S. The Morgan fingerprint density at radius 1 is 0.969 bits per heavy atom. The first kappa shape index (κ1) is 23.6. The number of carbonyl (C=O) groups is 1. The minimum absolute atomic E-state index is 0.0856. The van der Waals surface area contributed by atoms with E-state index in [1.165, 1.54) is 30.3 Å². The number of nitrogens with one attached hydrogen (secondary N) is 1. The maximum Gasteiger partial charge on any atom is 0.416 e. The van der Waals surface area contributed by atoms with Gasteiger partial charge in [0.2, 0.25) is 5.91 Å². The fraction of sp³-hybridized carbons (Fsp3) is 0.0952. The van der Waals surface area contributed by atoms with Crippen molar-refractivity contribution in [2.24, 2.45) is 0 Å². The van der Waals surface area contributed by atoms with Crippen LogP contribution in [0, 0.1) is 5.82 Å². The first-order valence-corrected chi connectivity index (χ1v) is 10.8. The molecule has 0 spiro atoms. The lowest BCUT2D eigenvalue weighted by atomic mass is 10.2. The number of hydrogen-bond donors (Lipinski definition) is 1. The fourth-order valence-electron chi connectivity index (χ4n) is 2.78. The van der Waals surface area contributed by atoms with Crippen LogP contribution in [-0.4, -0.2) is 20.9 Å². The Kier molecular flexibility index (Phi) is 6.75. The quantitative estimate of drug-likeness (QED) is 0.479. The van der Waals surface area contributed by atoms with Crippen molar-refractivity contribution in [3.05, 3.63) is 89.2 Å². The summed E-state index contributed by atoms with van der Waals surface area (Å²) in [7, 11) is -4.40. The van der Waals surface area contributed by atoms with E-state index in [4.69, 9.17) is 11.6 Å². The molecule has 0 atom stereocenters. The van der Waals surface area contributed by atoms with Crippen molar-refractivity contribution in [3.8, 4) is 0 Å². The molecule has 0 bridgehead atoms. The van der Waals surface area contributed by atoms with E-state index in [1.807, 2.05) is 0 Å². The monoisotopic (exact) mass is 486 g/mol. The van der Waals surface area contributed by atoms with Crippen LogP contribution < -0.4 is 9.62 Å². The summed E-state index contributed by atoms with van der Waals surface area (Å²) in [5.74, 6) is -1.59. The third kappa shape index (κ3) is 5.38. The Bertz CT molecular complexity index is 1240. The first-order valence-electron chi connectivity index (χ1n) is 8.98. The second-order valence-corrected chi connectivity index (χ2v) is 8.82. The molecule has 0 aliphatic heterocycles. The van der Waals surface area contributed by atoms with Gasteiger partial charge < -0.3 is 5.32 Å². The Morgan fingerprint density at radius 2 is 1.66 bits per heavy atom. The summed E-state index contributed by atoms with van der Waals surface area (Å²) in [5, 5.41) is 2.09. The Morgan fingerprint density at radius 3 is 2.28 bits per heavy atom. The molecule has 3 rings (SSSR count). The van der Waals surface area contributed by atoms with Gasteiger partial charge in [-0.05, 0) is 48.5 Å². The zero-order valence-corrected chi connectivity index (χ0v) is 17.7. The predicted octanol–water partition coefficient (Wildman–Crippen LogP) is 5.33. The van der Waals surface area contributed by atoms with E-state index in [0.29, 0.717) is 10.4 Å².